The van der Waals surface area contributed by atoms with Gasteiger partial charge in [-0.15, -0.1) is 0 Å². The first-order valence-electron chi connectivity index (χ1n) is 12.3. The van der Waals surface area contributed by atoms with Gasteiger partial charge in [0.25, 0.3) is 0 Å². The van der Waals surface area contributed by atoms with E-state index in [0.717, 1.165) is 38.2 Å². The highest BCUT2D eigenvalue weighted by Gasteiger charge is 2.29. The number of hydrogen-bond acceptors (Lipinski definition) is 7. The summed E-state index contributed by atoms with van der Waals surface area (Å²) < 4.78 is 9.48. The number of ether oxygens (including phenoxy) is 1. The number of aromatic nitrogens is 4. The van der Waals surface area contributed by atoms with E-state index < -0.39 is 11.4 Å². The number of nitrogens with one attached hydrogen (secondary N) is 1. The highest BCUT2D eigenvalue weighted by Crippen LogP contribution is 2.36. The lowest BCUT2D eigenvalue weighted by Gasteiger charge is -2.28. The fourth-order valence-corrected chi connectivity index (χ4v) is 5.46. The molecule has 2 saturated heterocycles. The lowest BCUT2D eigenvalue weighted by molar-refractivity contribution is 0.0695. The number of carboxylic acid groups (broad SMARTS) is 1. The molecule has 0 aliphatic carbocycles. The van der Waals surface area contributed by atoms with Crippen LogP contribution in [0.5, 0.6) is 5.88 Å². The Balaban J connectivity index is 1.41. The van der Waals surface area contributed by atoms with Crippen LogP contribution in [-0.4, -0.2) is 62.7 Å². The van der Waals surface area contributed by atoms with Gasteiger partial charge < -0.3 is 24.6 Å². The van der Waals surface area contributed by atoms with E-state index in [-0.39, 0.29) is 23.0 Å². The van der Waals surface area contributed by atoms with Crippen molar-refractivity contribution in [1.82, 2.24) is 24.6 Å². The van der Waals surface area contributed by atoms with Gasteiger partial charge in [0.1, 0.15) is 17.2 Å². The standard InChI is InChI=1S/C26H24Cl2N6O4/c27-20-4-1-5-30-25(20)38-14-15-3-2-6-32(15)23-8-22-18(7-21(23)28)24(35)19(26(36)37)13-33(22)17-11-31-34(12-17)16-9-29-10-16/h1,4-5,7-8,11-13,15-16,29H,2-3,6,9-10,14H2,(H,36,37)/t15-/m1/s1. The molecule has 12 heteroatoms. The monoisotopic (exact) mass is 554 g/mol. The molecule has 38 heavy (non-hydrogen) atoms. The van der Waals surface area contributed by atoms with Gasteiger partial charge in [-0.2, -0.15) is 5.10 Å². The van der Waals surface area contributed by atoms with Gasteiger partial charge in [-0.3, -0.25) is 9.48 Å². The van der Waals surface area contributed by atoms with E-state index in [4.69, 9.17) is 27.9 Å². The van der Waals surface area contributed by atoms with Crippen LogP contribution in [0, 0.1) is 0 Å². The van der Waals surface area contributed by atoms with Crippen molar-refractivity contribution in [2.45, 2.75) is 24.9 Å². The van der Waals surface area contributed by atoms with Crippen molar-refractivity contribution in [1.29, 1.82) is 0 Å². The Bertz CT molecular complexity index is 1600. The van der Waals surface area contributed by atoms with E-state index >= 15 is 0 Å². The van der Waals surface area contributed by atoms with E-state index in [1.54, 1.807) is 35.2 Å². The van der Waals surface area contributed by atoms with Crippen LogP contribution in [0.1, 0.15) is 29.2 Å². The molecule has 2 N–H and O–H groups in total. The number of carboxylic acids is 1. The zero-order chi connectivity index (χ0) is 26.4. The number of halogens is 2. The summed E-state index contributed by atoms with van der Waals surface area (Å²) in [5, 5.41) is 18.4. The Morgan fingerprint density at radius 3 is 2.79 bits per heavy atom. The van der Waals surface area contributed by atoms with Gasteiger partial charge in [0.15, 0.2) is 0 Å². The molecular weight excluding hydrogens is 531 g/mol. The summed E-state index contributed by atoms with van der Waals surface area (Å²) in [6.07, 6.45) is 8.33. The van der Waals surface area contributed by atoms with Crippen molar-refractivity contribution < 1.29 is 14.6 Å². The summed E-state index contributed by atoms with van der Waals surface area (Å²) in [6.45, 7) is 2.74. The number of rotatable bonds is 7. The number of anilines is 1. The predicted octanol–water partition coefficient (Wildman–Crippen LogP) is 3.78. The Hall–Kier alpha value is -3.60. The first kappa shape index (κ1) is 24.7. The molecule has 4 aromatic rings. The first-order chi connectivity index (χ1) is 18.4. The lowest BCUT2D eigenvalue weighted by atomic mass is 10.1. The molecule has 0 bridgehead atoms. The summed E-state index contributed by atoms with van der Waals surface area (Å²) in [5.74, 6) is -0.925. The van der Waals surface area contributed by atoms with E-state index in [9.17, 15) is 14.7 Å². The molecule has 1 atom stereocenters. The van der Waals surface area contributed by atoms with Crippen molar-refractivity contribution in [3.8, 4) is 11.6 Å². The molecule has 1 aromatic carbocycles. The maximum Gasteiger partial charge on any atom is 0.341 e. The topological polar surface area (TPSA) is 115 Å². The van der Waals surface area contributed by atoms with Crippen molar-refractivity contribution in [3.05, 3.63) is 74.9 Å². The van der Waals surface area contributed by atoms with Crippen LogP contribution < -0.4 is 20.4 Å². The van der Waals surface area contributed by atoms with Crippen LogP contribution in [0.4, 0.5) is 5.69 Å². The fourth-order valence-electron chi connectivity index (χ4n) is 5.01. The molecule has 0 amide bonds. The summed E-state index contributed by atoms with van der Waals surface area (Å²) in [7, 11) is 0. The number of hydrogen-bond donors (Lipinski definition) is 2. The lowest BCUT2D eigenvalue weighted by Crippen LogP contribution is -2.43. The molecule has 0 radical (unpaired) electrons. The fraction of sp³-hybridized carbons (Fsp3) is 0.308. The first-order valence-corrected chi connectivity index (χ1v) is 13.0. The molecule has 2 fully saturated rings. The molecule has 2 aliphatic heterocycles. The third-order valence-electron chi connectivity index (χ3n) is 7.13. The smallest absolute Gasteiger partial charge is 0.341 e. The average Bonchev–Trinajstić information content (AvgIpc) is 3.52. The SMILES string of the molecule is O=C(O)c1cn(-c2cnn(C3CNC3)c2)c2cc(N3CCC[C@@H]3COc3ncccc3Cl)c(Cl)cc2c1=O. The van der Waals surface area contributed by atoms with E-state index in [0.29, 0.717) is 33.7 Å². The third kappa shape index (κ3) is 4.38. The van der Waals surface area contributed by atoms with Gasteiger partial charge in [-0.05, 0) is 37.1 Å². The van der Waals surface area contributed by atoms with Crippen LogP contribution in [0.3, 0.4) is 0 Å². The molecular formula is C26H24Cl2N6O4. The molecule has 5 heterocycles. The van der Waals surface area contributed by atoms with E-state index in [2.05, 4.69) is 20.3 Å². The molecule has 6 rings (SSSR count). The highest BCUT2D eigenvalue weighted by molar-refractivity contribution is 6.34. The van der Waals surface area contributed by atoms with Crippen LogP contribution in [0.2, 0.25) is 10.0 Å². The zero-order valence-electron chi connectivity index (χ0n) is 20.2. The highest BCUT2D eigenvalue weighted by atomic mass is 35.5. The maximum absolute atomic E-state index is 13.1. The second kappa shape index (κ2) is 9.94. The Morgan fingerprint density at radius 2 is 2.05 bits per heavy atom. The summed E-state index contributed by atoms with van der Waals surface area (Å²) in [4.78, 5) is 31.4. The Kier molecular flexibility index (Phi) is 6.46. The second-order valence-electron chi connectivity index (χ2n) is 9.45. The maximum atomic E-state index is 13.1. The number of carbonyl (C=O) groups is 1. The zero-order valence-corrected chi connectivity index (χ0v) is 21.7. The summed E-state index contributed by atoms with van der Waals surface area (Å²) >= 11 is 12.9. The van der Waals surface area contributed by atoms with Crippen molar-refractivity contribution in [3.63, 3.8) is 0 Å². The molecule has 196 valence electrons. The van der Waals surface area contributed by atoms with Gasteiger partial charge in [0.2, 0.25) is 11.3 Å². The van der Waals surface area contributed by atoms with Crippen molar-refractivity contribution in [2.75, 3.05) is 31.1 Å². The minimum Gasteiger partial charge on any atom is -0.477 e. The van der Waals surface area contributed by atoms with Crippen LogP contribution >= 0.6 is 23.2 Å². The normalized spacial score (nSPS) is 17.6. The molecule has 10 nitrogen and oxygen atoms in total. The van der Waals surface area contributed by atoms with E-state index in [1.165, 1.54) is 6.20 Å². The van der Waals surface area contributed by atoms with E-state index in [1.807, 2.05) is 16.9 Å². The quantitative estimate of drug-likeness (QED) is 0.354. The van der Waals surface area contributed by atoms with Crippen LogP contribution in [0.25, 0.3) is 16.6 Å². The number of pyridine rings is 2. The number of aromatic carboxylic acids is 1. The second-order valence-corrected chi connectivity index (χ2v) is 10.3. The van der Waals surface area contributed by atoms with Gasteiger partial charge in [-0.1, -0.05) is 23.2 Å². The Morgan fingerprint density at radius 1 is 1.21 bits per heavy atom. The molecule has 0 saturated carbocycles. The average molecular weight is 555 g/mol. The Labute approximate surface area is 227 Å². The van der Waals surface area contributed by atoms with Gasteiger partial charge in [0.05, 0.1) is 40.2 Å². The van der Waals surface area contributed by atoms with Gasteiger partial charge >= 0.3 is 5.97 Å². The number of nitrogens with zero attached hydrogens (tertiary/aromatic N) is 5. The number of fused-ring (bicyclic) bond motifs is 1. The minimum absolute atomic E-state index is 0.00959. The van der Waals surface area contributed by atoms with Crippen molar-refractivity contribution in [2.24, 2.45) is 0 Å². The molecule has 3 aromatic heterocycles. The molecule has 0 spiro atoms. The summed E-state index contributed by atoms with van der Waals surface area (Å²) in [5.41, 5.74) is 1.02. The molecule has 0 unspecified atom stereocenters. The van der Waals surface area contributed by atoms with Crippen molar-refractivity contribution >= 4 is 45.8 Å². The largest absolute Gasteiger partial charge is 0.477 e. The molecule has 2 aliphatic rings. The van der Waals surface area contributed by atoms with Crippen LogP contribution in [0.15, 0.2) is 53.8 Å². The van der Waals surface area contributed by atoms with Gasteiger partial charge in [-0.25, -0.2) is 9.78 Å². The van der Waals surface area contributed by atoms with Crippen LogP contribution in [-0.2, 0) is 0 Å². The predicted molar refractivity (Wildman–Crippen MR) is 144 cm³/mol. The third-order valence-corrected chi connectivity index (χ3v) is 7.72. The van der Waals surface area contributed by atoms with Gasteiger partial charge in [0, 0.05) is 43.6 Å². The minimum atomic E-state index is -1.30. The summed E-state index contributed by atoms with van der Waals surface area (Å²) in [6, 6.07) is 7.12. The number of benzene rings is 1.